The zero-order valence-corrected chi connectivity index (χ0v) is 19.8. The van der Waals surface area contributed by atoms with Gasteiger partial charge >= 0.3 is 12.1 Å². The Balaban J connectivity index is 1.26. The molecule has 3 aliphatic carbocycles. The maximum atomic E-state index is 13.1. The molecule has 5 rings (SSSR count). The molecule has 1 atom stereocenters. The van der Waals surface area contributed by atoms with Crippen molar-refractivity contribution in [1.82, 2.24) is 10.6 Å². The Morgan fingerprint density at radius 3 is 2.11 bits per heavy atom. The van der Waals surface area contributed by atoms with Crippen molar-refractivity contribution in [3.8, 4) is 11.1 Å². The molecule has 184 valence electrons. The Morgan fingerprint density at radius 2 is 1.54 bits per heavy atom. The van der Waals surface area contributed by atoms with Crippen LogP contribution >= 0.6 is 0 Å². The van der Waals surface area contributed by atoms with Gasteiger partial charge < -0.3 is 20.5 Å². The van der Waals surface area contributed by atoms with Gasteiger partial charge in [0, 0.05) is 5.92 Å². The molecule has 2 aromatic carbocycles. The highest BCUT2D eigenvalue weighted by molar-refractivity contribution is 5.93. The molecule has 3 N–H and O–H groups in total. The van der Waals surface area contributed by atoms with Gasteiger partial charge in [-0.1, -0.05) is 80.6 Å². The van der Waals surface area contributed by atoms with Crippen molar-refractivity contribution in [2.75, 3.05) is 6.61 Å². The van der Waals surface area contributed by atoms with E-state index >= 15 is 0 Å². The molecule has 1 unspecified atom stereocenters. The van der Waals surface area contributed by atoms with E-state index in [9.17, 15) is 19.5 Å². The van der Waals surface area contributed by atoms with Gasteiger partial charge in [-0.2, -0.15) is 0 Å². The maximum absolute atomic E-state index is 13.1. The summed E-state index contributed by atoms with van der Waals surface area (Å²) in [7, 11) is 0. The number of fused-ring (bicyclic) bond motifs is 3. The van der Waals surface area contributed by atoms with E-state index in [0.29, 0.717) is 25.2 Å². The number of ether oxygens (including phenoxy) is 1. The molecule has 0 bridgehead atoms. The van der Waals surface area contributed by atoms with Crippen LogP contribution in [0.25, 0.3) is 11.1 Å². The van der Waals surface area contributed by atoms with E-state index in [-0.39, 0.29) is 12.5 Å². The van der Waals surface area contributed by atoms with Crippen molar-refractivity contribution in [3.63, 3.8) is 0 Å². The fourth-order valence-electron chi connectivity index (χ4n) is 5.61. The van der Waals surface area contributed by atoms with Gasteiger partial charge in [-0.15, -0.1) is 0 Å². The average molecular weight is 477 g/mol. The zero-order valence-electron chi connectivity index (χ0n) is 19.8. The molecule has 3 aliphatic rings. The van der Waals surface area contributed by atoms with Crippen LogP contribution in [0.4, 0.5) is 4.79 Å². The summed E-state index contributed by atoms with van der Waals surface area (Å²) in [6, 6.07) is 15.4. The van der Waals surface area contributed by atoms with E-state index in [0.717, 1.165) is 47.9 Å². The molecule has 35 heavy (non-hydrogen) atoms. The van der Waals surface area contributed by atoms with Crippen molar-refractivity contribution < 1.29 is 24.2 Å². The second-order valence-electron chi connectivity index (χ2n) is 10.1. The minimum atomic E-state index is -1.19. The first-order chi connectivity index (χ1) is 17.0. The second-order valence-corrected chi connectivity index (χ2v) is 10.1. The number of hydrogen-bond donors (Lipinski definition) is 3. The van der Waals surface area contributed by atoms with Gasteiger partial charge in [0.15, 0.2) is 0 Å². The summed E-state index contributed by atoms with van der Waals surface area (Å²) < 4.78 is 5.66. The first kappa shape index (κ1) is 23.4. The van der Waals surface area contributed by atoms with Crippen LogP contribution < -0.4 is 10.6 Å². The highest BCUT2D eigenvalue weighted by Crippen LogP contribution is 2.44. The number of carboxylic acid groups (broad SMARTS) is 1. The van der Waals surface area contributed by atoms with Crippen LogP contribution in [0.1, 0.15) is 68.4 Å². The highest BCUT2D eigenvalue weighted by Gasteiger charge is 2.52. The van der Waals surface area contributed by atoms with Crippen LogP contribution in [-0.2, 0) is 14.3 Å². The van der Waals surface area contributed by atoms with Crippen LogP contribution in [0, 0.1) is 5.92 Å². The summed E-state index contributed by atoms with van der Waals surface area (Å²) in [5, 5.41) is 14.9. The standard InChI is InChI=1S/C28H32N2O5/c31-25(30-28(14-15-28)26(32)33)24(16-18-8-2-1-3-9-18)29-27(34)35-17-23-21-12-6-4-10-19(21)20-11-5-7-13-22(20)23/h4-7,10-13,18,23-24H,1-3,8-9,14-17H2,(H,29,34)(H,30,31)(H,32,33). The van der Waals surface area contributed by atoms with Crippen LogP contribution in [-0.4, -0.2) is 41.3 Å². The van der Waals surface area contributed by atoms with E-state index in [1.54, 1.807) is 0 Å². The number of nitrogens with one attached hydrogen (secondary N) is 2. The number of carboxylic acids is 1. The largest absolute Gasteiger partial charge is 0.480 e. The Kier molecular flexibility index (Phi) is 6.50. The number of carbonyl (C=O) groups excluding carboxylic acids is 2. The number of alkyl carbamates (subject to hydrolysis) is 1. The molecule has 0 aliphatic heterocycles. The lowest BCUT2D eigenvalue weighted by Crippen LogP contribution is -2.53. The molecular weight excluding hydrogens is 444 g/mol. The van der Waals surface area contributed by atoms with Gasteiger partial charge in [-0.3, -0.25) is 4.79 Å². The Labute approximate surface area is 205 Å². The molecule has 7 heteroatoms. The summed E-state index contributed by atoms with van der Waals surface area (Å²) >= 11 is 0. The molecule has 0 aromatic heterocycles. The number of amides is 2. The predicted molar refractivity (Wildman–Crippen MR) is 131 cm³/mol. The highest BCUT2D eigenvalue weighted by atomic mass is 16.5. The third-order valence-corrected chi connectivity index (χ3v) is 7.77. The monoisotopic (exact) mass is 476 g/mol. The molecule has 0 spiro atoms. The summed E-state index contributed by atoms with van der Waals surface area (Å²) in [4.78, 5) is 37.5. The molecule has 2 amide bonds. The normalized spacial score (nSPS) is 19.2. The Hall–Kier alpha value is -3.35. The molecular formula is C28H32N2O5. The molecule has 2 fully saturated rings. The van der Waals surface area contributed by atoms with E-state index < -0.39 is 29.6 Å². The second kappa shape index (κ2) is 9.72. The number of rotatable bonds is 8. The van der Waals surface area contributed by atoms with Crippen LogP contribution in [0.15, 0.2) is 48.5 Å². The van der Waals surface area contributed by atoms with E-state index in [4.69, 9.17) is 4.74 Å². The summed E-state index contributed by atoms with van der Waals surface area (Å²) in [6.07, 6.45) is 6.11. The van der Waals surface area contributed by atoms with E-state index in [2.05, 4.69) is 34.9 Å². The molecule has 2 saturated carbocycles. The van der Waals surface area contributed by atoms with Gasteiger partial charge in [0.1, 0.15) is 18.2 Å². The molecule has 0 radical (unpaired) electrons. The van der Waals surface area contributed by atoms with Crippen LogP contribution in [0.3, 0.4) is 0 Å². The van der Waals surface area contributed by atoms with Gasteiger partial charge in [-0.05, 0) is 47.4 Å². The summed E-state index contributed by atoms with van der Waals surface area (Å²) in [6.45, 7) is 0.163. The van der Waals surface area contributed by atoms with Gasteiger partial charge in [0.25, 0.3) is 0 Å². The maximum Gasteiger partial charge on any atom is 0.407 e. The molecule has 0 heterocycles. The first-order valence-corrected chi connectivity index (χ1v) is 12.6. The Bertz CT molecular complexity index is 1070. The van der Waals surface area contributed by atoms with E-state index in [1.165, 1.54) is 6.42 Å². The third-order valence-electron chi connectivity index (χ3n) is 7.77. The SMILES string of the molecule is O=C(NC(CC1CCCCC1)C(=O)NC1(C(=O)O)CC1)OCC1c2ccccc2-c2ccccc21. The van der Waals surface area contributed by atoms with Crippen LogP contribution in [0.2, 0.25) is 0 Å². The first-order valence-electron chi connectivity index (χ1n) is 12.6. The van der Waals surface area contributed by atoms with Crippen LogP contribution in [0.5, 0.6) is 0 Å². The molecule has 0 saturated heterocycles. The fraction of sp³-hybridized carbons (Fsp3) is 0.464. The summed E-state index contributed by atoms with van der Waals surface area (Å²) in [5.41, 5.74) is 3.35. The smallest absolute Gasteiger partial charge is 0.407 e. The fourth-order valence-corrected chi connectivity index (χ4v) is 5.61. The number of hydrogen-bond acceptors (Lipinski definition) is 4. The Morgan fingerprint density at radius 1 is 0.943 bits per heavy atom. The van der Waals surface area contributed by atoms with Gasteiger partial charge in [0.2, 0.25) is 5.91 Å². The summed E-state index contributed by atoms with van der Waals surface area (Å²) in [5.74, 6) is -1.21. The quantitative estimate of drug-likeness (QED) is 0.517. The minimum absolute atomic E-state index is 0.0690. The zero-order chi connectivity index (χ0) is 24.4. The average Bonchev–Trinajstić information content (AvgIpc) is 3.59. The topological polar surface area (TPSA) is 105 Å². The van der Waals surface area contributed by atoms with Crippen molar-refractivity contribution in [3.05, 3.63) is 59.7 Å². The lowest BCUT2D eigenvalue weighted by atomic mass is 9.84. The predicted octanol–water partition coefficient (Wildman–Crippen LogP) is 4.60. The number of benzene rings is 2. The van der Waals surface area contributed by atoms with Crippen molar-refractivity contribution >= 4 is 18.0 Å². The van der Waals surface area contributed by atoms with Crippen molar-refractivity contribution in [2.45, 2.75) is 68.9 Å². The molecule has 7 nitrogen and oxygen atoms in total. The van der Waals surface area contributed by atoms with E-state index in [1.807, 2.05) is 24.3 Å². The lowest BCUT2D eigenvalue weighted by molar-refractivity contribution is -0.143. The van der Waals surface area contributed by atoms with Gasteiger partial charge in [-0.25, -0.2) is 9.59 Å². The van der Waals surface area contributed by atoms with Crippen molar-refractivity contribution in [1.29, 1.82) is 0 Å². The number of carbonyl (C=O) groups is 3. The molecule has 2 aromatic rings. The van der Waals surface area contributed by atoms with Gasteiger partial charge in [0.05, 0.1) is 0 Å². The van der Waals surface area contributed by atoms with Crippen molar-refractivity contribution in [2.24, 2.45) is 5.92 Å². The minimum Gasteiger partial charge on any atom is -0.480 e. The lowest BCUT2D eigenvalue weighted by Gasteiger charge is -2.27. The third kappa shape index (κ3) is 4.90. The number of aliphatic carboxylic acids is 1.